The molecule has 0 saturated carbocycles. The molecule has 0 aliphatic carbocycles. The number of H-pyrrole nitrogens is 1. The van der Waals surface area contributed by atoms with E-state index in [9.17, 15) is 9.18 Å². The topological polar surface area (TPSA) is 57.8 Å². The van der Waals surface area contributed by atoms with Crippen molar-refractivity contribution in [1.82, 2.24) is 10.2 Å². The number of fused-ring (bicyclic) bond motifs is 1. The third-order valence-corrected chi connectivity index (χ3v) is 4.12. The normalized spacial score (nSPS) is 10.8. The molecule has 1 aromatic carbocycles. The number of anilines is 1. The van der Waals surface area contributed by atoms with Crippen LogP contribution in [0.5, 0.6) is 0 Å². The Morgan fingerprint density at radius 2 is 2.32 bits per heavy atom. The lowest BCUT2D eigenvalue weighted by molar-refractivity contribution is 0.103. The van der Waals surface area contributed by atoms with E-state index in [0.29, 0.717) is 21.5 Å². The van der Waals surface area contributed by atoms with Crippen molar-refractivity contribution in [2.24, 2.45) is 0 Å². The van der Waals surface area contributed by atoms with Crippen molar-refractivity contribution in [1.29, 1.82) is 0 Å². The molecule has 0 unspecified atom stereocenters. The fraction of sp³-hybridized carbons (Fsp3) is 0.0769. The lowest BCUT2D eigenvalue weighted by atomic mass is 10.1. The molecular formula is C13H10FN3OS. The number of thiophene rings is 1. The summed E-state index contributed by atoms with van der Waals surface area (Å²) in [7, 11) is 0. The van der Waals surface area contributed by atoms with Gasteiger partial charge in [-0.05, 0) is 24.6 Å². The lowest BCUT2D eigenvalue weighted by Gasteiger charge is -2.00. The quantitative estimate of drug-likeness (QED) is 0.753. The molecule has 0 saturated heterocycles. The summed E-state index contributed by atoms with van der Waals surface area (Å²) >= 11 is 1.29. The van der Waals surface area contributed by atoms with E-state index in [4.69, 9.17) is 0 Å². The van der Waals surface area contributed by atoms with Crippen molar-refractivity contribution in [2.75, 3.05) is 5.32 Å². The molecule has 19 heavy (non-hydrogen) atoms. The molecule has 0 radical (unpaired) electrons. The zero-order valence-corrected chi connectivity index (χ0v) is 10.8. The fourth-order valence-corrected chi connectivity index (χ4v) is 3.10. The number of aryl methyl sites for hydroxylation is 1. The highest BCUT2D eigenvalue weighted by atomic mass is 32.1. The summed E-state index contributed by atoms with van der Waals surface area (Å²) in [5.41, 5.74) is 1.25. The van der Waals surface area contributed by atoms with Gasteiger partial charge in [0.15, 0.2) is 0 Å². The predicted octanol–water partition coefficient (Wildman–Crippen LogP) is 3.32. The molecule has 0 spiro atoms. The fourth-order valence-electron chi connectivity index (χ4n) is 1.98. The van der Waals surface area contributed by atoms with Crippen molar-refractivity contribution in [3.05, 3.63) is 46.9 Å². The number of rotatable bonds is 2. The molecular weight excluding hydrogens is 265 g/mol. The van der Waals surface area contributed by atoms with E-state index in [0.717, 1.165) is 4.70 Å². The summed E-state index contributed by atoms with van der Waals surface area (Å²) in [6.07, 6.45) is 3.10. The minimum atomic E-state index is -0.298. The van der Waals surface area contributed by atoms with Crippen LogP contribution < -0.4 is 5.32 Å². The second kappa shape index (κ2) is 4.47. The number of carbonyl (C=O) groups excluding carboxylic acids is 1. The van der Waals surface area contributed by atoms with Gasteiger partial charge in [0.05, 0.1) is 16.8 Å². The number of hydrogen-bond donors (Lipinski definition) is 2. The number of aromatic nitrogens is 2. The van der Waals surface area contributed by atoms with Crippen molar-refractivity contribution in [2.45, 2.75) is 6.92 Å². The molecule has 1 amide bonds. The van der Waals surface area contributed by atoms with Crippen LogP contribution in [0.4, 0.5) is 10.1 Å². The summed E-state index contributed by atoms with van der Waals surface area (Å²) < 4.78 is 14.5. The molecule has 3 rings (SSSR count). The van der Waals surface area contributed by atoms with Gasteiger partial charge in [0, 0.05) is 16.3 Å². The maximum atomic E-state index is 13.8. The van der Waals surface area contributed by atoms with Crippen LogP contribution in [0.2, 0.25) is 0 Å². The van der Waals surface area contributed by atoms with E-state index < -0.39 is 0 Å². The monoisotopic (exact) mass is 275 g/mol. The van der Waals surface area contributed by atoms with Gasteiger partial charge in [-0.15, -0.1) is 11.3 Å². The highest BCUT2D eigenvalue weighted by molar-refractivity contribution is 7.21. The average molecular weight is 275 g/mol. The van der Waals surface area contributed by atoms with E-state index in [-0.39, 0.29) is 11.7 Å². The first kappa shape index (κ1) is 11.9. The van der Waals surface area contributed by atoms with E-state index in [1.807, 2.05) is 6.07 Å². The summed E-state index contributed by atoms with van der Waals surface area (Å²) in [6.45, 7) is 1.76. The van der Waals surface area contributed by atoms with Crippen LogP contribution >= 0.6 is 11.3 Å². The van der Waals surface area contributed by atoms with Crippen LogP contribution in [0.3, 0.4) is 0 Å². The molecule has 3 aromatic rings. The van der Waals surface area contributed by atoms with Gasteiger partial charge in [0.25, 0.3) is 5.91 Å². The van der Waals surface area contributed by atoms with E-state index in [1.54, 1.807) is 19.2 Å². The zero-order valence-electron chi connectivity index (χ0n) is 10.0. The van der Waals surface area contributed by atoms with E-state index in [1.165, 1.54) is 23.6 Å². The Bertz CT molecular complexity index is 749. The smallest absolute Gasteiger partial charge is 0.266 e. The van der Waals surface area contributed by atoms with Gasteiger partial charge in [-0.1, -0.05) is 6.07 Å². The molecule has 96 valence electrons. The molecule has 0 bridgehead atoms. The SMILES string of the molecule is Cc1c(C(=O)Nc2cn[nH]c2)sc2cccc(F)c12. The van der Waals surface area contributed by atoms with Gasteiger partial charge in [-0.25, -0.2) is 4.39 Å². The highest BCUT2D eigenvalue weighted by Crippen LogP contribution is 2.32. The molecule has 0 aliphatic rings. The summed E-state index contributed by atoms with van der Waals surface area (Å²) in [6, 6.07) is 4.86. The van der Waals surface area contributed by atoms with Gasteiger partial charge >= 0.3 is 0 Å². The molecule has 6 heteroatoms. The summed E-state index contributed by atoms with van der Waals surface area (Å²) in [5.74, 6) is -0.548. The Morgan fingerprint density at radius 3 is 3.00 bits per heavy atom. The van der Waals surface area contributed by atoms with E-state index >= 15 is 0 Å². The maximum absolute atomic E-state index is 13.8. The van der Waals surface area contributed by atoms with Crippen molar-refractivity contribution in [3.63, 3.8) is 0 Å². The summed E-state index contributed by atoms with van der Waals surface area (Å²) in [5, 5.41) is 9.60. The first-order valence-corrected chi connectivity index (χ1v) is 6.46. The molecule has 2 aromatic heterocycles. The Morgan fingerprint density at radius 1 is 1.47 bits per heavy atom. The Balaban J connectivity index is 2.03. The Hall–Kier alpha value is -2.21. The number of amides is 1. The van der Waals surface area contributed by atoms with Crippen molar-refractivity contribution < 1.29 is 9.18 Å². The molecule has 0 atom stereocenters. The number of benzene rings is 1. The standard InChI is InChI=1S/C13H10FN3OS/c1-7-11-9(14)3-2-4-10(11)19-12(7)13(18)17-8-5-15-16-6-8/h2-6H,1H3,(H,15,16)(H,17,18). The molecule has 2 heterocycles. The van der Waals surface area contributed by atoms with Crippen LogP contribution in [0.1, 0.15) is 15.2 Å². The minimum absolute atomic E-state index is 0.250. The third kappa shape index (κ3) is 2.00. The Kier molecular flexibility index (Phi) is 2.79. The van der Waals surface area contributed by atoms with E-state index in [2.05, 4.69) is 15.5 Å². The van der Waals surface area contributed by atoms with Gasteiger partial charge in [-0.2, -0.15) is 5.10 Å². The van der Waals surface area contributed by atoms with Gasteiger partial charge in [0.2, 0.25) is 0 Å². The first-order valence-electron chi connectivity index (χ1n) is 5.64. The predicted molar refractivity (Wildman–Crippen MR) is 73.1 cm³/mol. The number of nitrogens with zero attached hydrogens (tertiary/aromatic N) is 1. The minimum Gasteiger partial charge on any atom is -0.319 e. The van der Waals surface area contributed by atoms with Gasteiger partial charge < -0.3 is 5.32 Å². The number of aromatic amines is 1. The number of hydrogen-bond acceptors (Lipinski definition) is 3. The second-order valence-electron chi connectivity index (χ2n) is 4.11. The van der Waals surface area contributed by atoms with Gasteiger partial charge in [-0.3, -0.25) is 9.89 Å². The molecule has 2 N–H and O–H groups in total. The molecule has 0 aliphatic heterocycles. The number of carbonyl (C=O) groups is 1. The average Bonchev–Trinajstić information content (AvgIpc) is 2.98. The third-order valence-electron chi connectivity index (χ3n) is 2.87. The lowest BCUT2D eigenvalue weighted by Crippen LogP contribution is -2.10. The molecule has 4 nitrogen and oxygen atoms in total. The summed E-state index contributed by atoms with van der Waals surface area (Å²) in [4.78, 5) is 12.7. The van der Waals surface area contributed by atoms with Crippen LogP contribution in [-0.2, 0) is 0 Å². The van der Waals surface area contributed by atoms with Crippen LogP contribution in [0.25, 0.3) is 10.1 Å². The molecule has 0 fully saturated rings. The van der Waals surface area contributed by atoms with Crippen molar-refractivity contribution in [3.8, 4) is 0 Å². The van der Waals surface area contributed by atoms with Crippen molar-refractivity contribution >= 4 is 33.0 Å². The largest absolute Gasteiger partial charge is 0.319 e. The van der Waals surface area contributed by atoms with Gasteiger partial charge in [0.1, 0.15) is 5.82 Å². The van der Waals surface area contributed by atoms with Crippen LogP contribution in [0, 0.1) is 12.7 Å². The van der Waals surface area contributed by atoms with Crippen LogP contribution in [0.15, 0.2) is 30.6 Å². The number of nitrogens with one attached hydrogen (secondary N) is 2. The van der Waals surface area contributed by atoms with Crippen LogP contribution in [-0.4, -0.2) is 16.1 Å². The first-order chi connectivity index (χ1) is 9.16. The number of halogens is 1. The zero-order chi connectivity index (χ0) is 13.4. The highest BCUT2D eigenvalue weighted by Gasteiger charge is 2.17. The second-order valence-corrected chi connectivity index (χ2v) is 5.16. The Labute approximate surface area is 112 Å². The maximum Gasteiger partial charge on any atom is 0.266 e.